The molecule has 0 spiro atoms. The predicted octanol–water partition coefficient (Wildman–Crippen LogP) is 4.62. The number of carbonyl (C=O) groups excluding carboxylic acids is 1. The van der Waals surface area contributed by atoms with E-state index in [0.717, 1.165) is 24.0 Å². The van der Waals surface area contributed by atoms with Crippen LogP contribution in [-0.2, 0) is 21.0 Å². The molecule has 1 amide bonds. The molecule has 0 heterocycles. The van der Waals surface area contributed by atoms with E-state index in [1.54, 1.807) is 12.1 Å². The molecule has 0 radical (unpaired) electrons. The van der Waals surface area contributed by atoms with Gasteiger partial charge >= 0.3 is 6.18 Å². The molecular weight excluding hydrogens is 405 g/mol. The number of hydrogen-bond acceptors (Lipinski definition) is 3. The van der Waals surface area contributed by atoms with Gasteiger partial charge in [0.1, 0.15) is 6.04 Å². The van der Waals surface area contributed by atoms with Gasteiger partial charge in [0, 0.05) is 5.69 Å². The maximum atomic E-state index is 13.0. The van der Waals surface area contributed by atoms with E-state index in [1.165, 1.54) is 13.0 Å². The number of rotatable bonds is 6. The number of carbonyl (C=O) groups is 1. The summed E-state index contributed by atoms with van der Waals surface area (Å²) in [5.74, 6) is -0.544. The summed E-state index contributed by atoms with van der Waals surface area (Å²) in [5.41, 5.74) is 0.151. The summed E-state index contributed by atoms with van der Waals surface area (Å²) in [7, 11) is -4.04. The van der Waals surface area contributed by atoms with Gasteiger partial charge in [-0.3, -0.25) is 9.10 Å². The minimum Gasteiger partial charge on any atom is -0.324 e. The number of benzene rings is 2. The van der Waals surface area contributed by atoms with Crippen LogP contribution >= 0.6 is 0 Å². The van der Waals surface area contributed by atoms with Gasteiger partial charge in [-0.15, -0.1) is 0 Å². The Hall–Kier alpha value is -2.55. The van der Waals surface area contributed by atoms with Crippen LogP contribution in [0.25, 0.3) is 0 Å². The third-order valence-electron chi connectivity index (χ3n) is 4.36. The molecule has 0 aliphatic rings. The molecule has 0 bridgehead atoms. The zero-order valence-corrected chi connectivity index (χ0v) is 17.3. The van der Waals surface area contributed by atoms with Gasteiger partial charge in [0.05, 0.1) is 17.5 Å². The molecule has 0 aliphatic carbocycles. The highest BCUT2D eigenvalue weighted by Crippen LogP contribution is 2.33. The molecule has 2 aromatic carbocycles. The molecule has 0 unspecified atom stereocenters. The smallest absolute Gasteiger partial charge is 0.324 e. The maximum absolute atomic E-state index is 13.0. The van der Waals surface area contributed by atoms with Crippen LogP contribution < -0.4 is 9.62 Å². The molecular formula is C20H23F3N2O3S. The van der Waals surface area contributed by atoms with Crippen LogP contribution in [-0.4, -0.2) is 26.6 Å². The minimum absolute atomic E-state index is 0.108. The molecule has 158 valence electrons. The molecule has 2 rings (SSSR count). The molecule has 0 saturated heterocycles. The van der Waals surface area contributed by atoms with E-state index in [0.29, 0.717) is 16.1 Å². The lowest BCUT2D eigenvalue weighted by atomic mass is 10.0. The number of halogens is 3. The van der Waals surface area contributed by atoms with E-state index >= 15 is 0 Å². The SMILES string of the molecule is CC(C)c1ccccc1NC(=O)[C@@H](C)N(c1cccc(C(F)(F)F)c1)S(C)(=O)=O. The highest BCUT2D eigenvalue weighted by atomic mass is 32.2. The number of anilines is 2. The predicted molar refractivity (Wildman–Crippen MR) is 107 cm³/mol. The Morgan fingerprint density at radius 2 is 1.66 bits per heavy atom. The summed E-state index contributed by atoms with van der Waals surface area (Å²) < 4.78 is 64.5. The van der Waals surface area contributed by atoms with Crippen molar-refractivity contribution in [3.05, 3.63) is 59.7 Å². The van der Waals surface area contributed by atoms with E-state index in [9.17, 15) is 26.4 Å². The quantitative estimate of drug-likeness (QED) is 0.730. The second-order valence-electron chi connectivity index (χ2n) is 7.01. The normalized spacial score (nSPS) is 13.2. The lowest BCUT2D eigenvalue weighted by Gasteiger charge is -2.29. The Morgan fingerprint density at radius 3 is 2.21 bits per heavy atom. The number of nitrogens with one attached hydrogen (secondary N) is 1. The Morgan fingerprint density at radius 1 is 1.03 bits per heavy atom. The van der Waals surface area contributed by atoms with E-state index in [2.05, 4.69) is 5.32 Å². The summed E-state index contributed by atoms with van der Waals surface area (Å²) in [5, 5.41) is 2.69. The first-order valence-corrected chi connectivity index (χ1v) is 10.7. The van der Waals surface area contributed by atoms with Gasteiger partial charge in [0.2, 0.25) is 15.9 Å². The second kappa shape index (κ2) is 8.44. The summed E-state index contributed by atoms with van der Waals surface area (Å²) in [4.78, 5) is 12.8. The number of hydrogen-bond donors (Lipinski definition) is 1. The van der Waals surface area contributed by atoms with Gasteiger partial charge in [0.15, 0.2) is 0 Å². The van der Waals surface area contributed by atoms with Crippen LogP contribution in [0.3, 0.4) is 0 Å². The van der Waals surface area contributed by atoms with Crippen molar-refractivity contribution in [3.8, 4) is 0 Å². The van der Waals surface area contributed by atoms with Crippen molar-refractivity contribution in [1.82, 2.24) is 0 Å². The fraction of sp³-hybridized carbons (Fsp3) is 0.350. The van der Waals surface area contributed by atoms with Crippen molar-refractivity contribution in [3.63, 3.8) is 0 Å². The van der Waals surface area contributed by atoms with Crippen LogP contribution in [0.1, 0.15) is 37.8 Å². The summed E-state index contributed by atoms with van der Waals surface area (Å²) in [6.07, 6.45) is -3.79. The van der Waals surface area contributed by atoms with Crippen molar-refractivity contribution < 1.29 is 26.4 Å². The fourth-order valence-electron chi connectivity index (χ4n) is 2.98. The zero-order valence-electron chi connectivity index (χ0n) is 16.5. The fourth-order valence-corrected chi connectivity index (χ4v) is 4.15. The zero-order chi connectivity index (χ0) is 22.0. The molecule has 0 fully saturated rings. The van der Waals surface area contributed by atoms with Crippen LogP contribution in [0.5, 0.6) is 0 Å². The first-order valence-electron chi connectivity index (χ1n) is 8.89. The van der Waals surface area contributed by atoms with Crippen LogP contribution in [0.4, 0.5) is 24.5 Å². The number of sulfonamides is 1. The Labute approximate surface area is 168 Å². The number of alkyl halides is 3. The van der Waals surface area contributed by atoms with Gasteiger partial charge in [-0.2, -0.15) is 13.2 Å². The molecule has 0 aliphatic heterocycles. The molecule has 2 aromatic rings. The van der Waals surface area contributed by atoms with Crippen molar-refractivity contribution in [2.75, 3.05) is 15.9 Å². The van der Waals surface area contributed by atoms with Crippen molar-refractivity contribution in [2.45, 2.75) is 38.9 Å². The second-order valence-corrected chi connectivity index (χ2v) is 8.87. The Kier molecular flexibility index (Phi) is 6.62. The molecule has 1 atom stereocenters. The van der Waals surface area contributed by atoms with Gasteiger partial charge in [-0.25, -0.2) is 8.42 Å². The molecule has 1 N–H and O–H groups in total. The topological polar surface area (TPSA) is 66.5 Å². The average molecular weight is 428 g/mol. The van der Waals surface area contributed by atoms with Crippen LogP contribution in [0.15, 0.2) is 48.5 Å². The monoisotopic (exact) mass is 428 g/mol. The number of para-hydroxylation sites is 1. The van der Waals surface area contributed by atoms with E-state index in [4.69, 9.17) is 0 Å². The Bertz CT molecular complexity index is 988. The van der Waals surface area contributed by atoms with Crippen LogP contribution in [0, 0.1) is 0 Å². The van der Waals surface area contributed by atoms with Crippen molar-refractivity contribution in [2.24, 2.45) is 0 Å². The Balaban J connectivity index is 2.41. The molecule has 0 saturated carbocycles. The summed E-state index contributed by atoms with van der Waals surface area (Å²) >= 11 is 0. The van der Waals surface area contributed by atoms with Crippen molar-refractivity contribution in [1.29, 1.82) is 0 Å². The minimum atomic E-state index is -4.64. The third-order valence-corrected chi connectivity index (χ3v) is 5.60. The summed E-state index contributed by atoms with van der Waals surface area (Å²) in [6.45, 7) is 5.22. The third kappa shape index (κ3) is 5.50. The number of amides is 1. The molecule has 5 nitrogen and oxygen atoms in total. The number of nitrogens with zero attached hydrogens (tertiary/aromatic N) is 1. The molecule has 29 heavy (non-hydrogen) atoms. The first kappa shape index (κ1) is 22.7. The van der Waals surface area contributed by atoms with Gasteiger partial charge in [-0.05, 0) is 42.7 Å². The van der Waals surface area contributed by atoms with Gasteiger partial charge in [0.25, 0.3) is 0 Å². The molecule has 0 aromatic heterocycles. The largest absolute Gasteiger partial charge is 0.416 e. The van der Waals surface area contributed by atoms with E-state index in [1.807, 2.05) is 26.0 Å². The van der Waals surface area contributed by atoms with Crippen molar-refractivity contribution >= 4 is 27.3 Å². The van der Waals surface area contributed by atoms with E-state index in [-0.39, 0.29) is 11.6 Å². The lowest BCUT2D eigenvalue weighted by Crippen LogP contribution is -2.45. The van der Waals surface area contributed by atoms with Gasteiger partial charge < -0.3 is 5.32 Å². The van der Waals surface area contributed by atoms with E-state index < -0.39 is 33.7 Å². The first-order chi connectivity index (χ1) is 13.3. The maximum Gasteiger partial charge on any atom is 0.416 e. The van der Waals surface area contributed by atoms with Gasteiger partial charge in [-0.1, -0.05) is 38.1 Å². The summed E-state index contributed by atoms with van der Waals surface area (Å²) in [6, 6.07) is 9.69. The highest BCUT2D eigenvalue weighted by molar-refractivity contribution is 7.92. The standard InChI is InChI=1S/C20H23F3N2O3S/c1-13(2)17-10-5-6-11-18(17)24-19(26)14(3)25(29(4,27)28)16-9-7-8-15(12-16)20(21,22)23/h5-14H,1-4H3,(H,24,26)/t14-/m1/s1. The molecule has 9 heteroatoms. The lowest BCUT2D eigenvalue weighted by molar-refractivity contribution is -0.137. The average Bonchev–Trinajstić information content (AvgIpc) is 2.60. The van der Waals surface area contributed by atoms with Crippen LogP contribution in [0.2, 0.25) is 0 Å². The highest BCUT2D eigenvalue weighted by Gasteiger charge is 2.34.